The summed E-state index contributed by atoms with van der Waals surface area (Å²) in [7, 11) is 4.74. The van der Waals surface area contributed by atoms with E-state index in [1.807, 2.05) is 24.3 Å². The molecule has 1 aliphatic heterocycles. The summed E-state index contributed by atoms with van der Waals surface area (Å²) in [6.07, 6.45) is 1.33. The molecule has 1 aliphatic rings. The summed E-state index contributed by atoms with van der Waals surface area (Å²) in [5.41, 5.74) is 2.07. The van der Waals surface area contributed by atoms with E-state index >= 15 is 0 Å². The second-order valence-electron chi connectivity index (χ2n) is 6.70. The van der Waals surface area contributed by atoms with Crippen LogP contribution in [0.5, 0.6) is 23.0 Å². The molecular weight excluding hydrogens is 346 g/mol. The van der Waals surface area contributed by atoms with Crippen LogP contribution in [0.4, 0.5) is 0 Å². The van der Waals surface area contributed by atoms with Crippen molar-refractivity contribution < 1.29 is 24.1 Å². The summed E-state index contributed by atoms with van der Waals surface area (Å²) in [4.78, 5) is 12.4. The van der Waals surface area contributed by atoms with Gasteiger partial charge in [-0.3, -0.25) is 4.79 Å². The van der Waals surface area contributed by atoms with Gasteiger partial charge in [-0.25, -0.2) is 0 Å². The summed E-state index contributed by atoms with van der Waals surface area (Å²) in [5.74, 6) is 2.00. The lowest BCUT2D eigenvalue weighted by Gasteiger charge is -2.30. The number of hydrogen-bond acceptors (Lipinski definition) is 5. The van der Waals surface area contributed by atoms with Crippen molar-refractivity contribution in [1.82, 2.24) is 5.32 Å². The maximum absolute atomic E-state index is 12.4. The molecule has 1 saturated heterocycles. The average molecular weight is 371 g/mol. The van der Waals surface area contributed by atoms with Crippen LogP contribution in [0.3, 0.4) is 0 Å². The second-order valence-corrected chi connectivity index (χ2v) is 6.70. The molecule has 2 aromatic carbocycles. The van der Waals surface area contributed by atoms with Gasteiger partial charge in [0.2, 0.25) is 5.91 Å². The smallest absolute Gasteiger partial charge is 0.223 e. The number of amides is 1. The van der Waals surface area contributed by atoms with E-state index < -0.39 is 0 Å². The highest BCUT2D eigenvalue weighted by Crippen LogP contribution is 2.35. The predicted molar refractivity (Wildman–Crippen MR) is 102 cm³/mol. The van der Waals surface area contributed by atoms with Gasteiger partial charge >= 0.3 is 0 Å². The van der Waals surface area contributed by atoms with Crippen LogP contribution in [-0.4, -0.2) is 38.9 Å². The number of rotatable bonds is 6. The SMILES string of the molecule is COc1cc(CC2C[C@@H](c3ccc(OC)c(OC)c3)CNC2=O)ccc1O. The lowest BCUT2D eigenvalue weighted by Crippen LogP contribution is -2.41. The highest BCUT2D eigenvalue weighted by atomic mass is 16.5. The Hall–Kier alpha value is -2.89. The largest absolute Gasteiger partial charge is 0.504 e. The van der Waals surface area contributed by atoms with Crippen LogP contribution in [0.2, 0.25) is 0 Å². The molecule has 0 aromatic heterocycles. The molecule has 1 fully saturated rings. The van der Waals surface area contributed by atoms with Gasteiger partial charge in [0, 0.05) is 18.4 Å². The number of benzene rings is 2. The highest BCUT2D eigenvalue weighted by Gasteiger charge is 2.30. The Morgan fingerprint density at radius 3 is 2.44 bits per heavy atom. The number of hydrogen-bond donors (Lipinski definition) is 2. The van der Waals surface area contributed by atoms with E-state index in [1.54, 1.807) is 26.4 Å². The van der Waals surface area contributed by atoms with Gasteiger partial charge in [-0.05, 0) is 48.2 Å². The molecule has 0 saturated carbocycles. The first-order valence-corrected chi connectivity index (χ1v) is 8.91. The minimum Gasteiger partial charge on any atom is -0.504 e. The Morgan fingerprint density at radius 1 is 1.00 bits per heavy atom. The molecular formula is C21H25NO5. The number of methoxy groups -OCH3 is 3. The summed E-state index contributed by atoms with van der Waals surface area (Å²) in [6, 6.07) is 11.1. The van der Waals surface area contributed by atoms with E-state index in [1.165, 1.54) is 7.11 Å². The van der Waals surface area contributed by atoms with Crippen molar-refractivity contribution in [1.29, 1.82) is 0 Å². The standard InChI is InChI=1S/C21H25NO5/c1-25-18-7-5-14(11-20(18)27-3)16-10-15(21(24)22-12-16)8-13-4-6-17(23)19(9-13)26-2/h4-7,9,11,15-16,23H,8,10,12H2,1-3H3,(H,22,24)/t15?,16-/m1/s1. The molecule has 0 bridgehead atoms. The van der Waals surface area contributed by atoms with Crippen LogP contribution in [-0.2, 0) is 11.2 Å². The average Bonchev–Trinajstić information content (AvgIpc) is 2.70. The van der Waals surface area contributed by atoms with Gasteiger partial charge < -0.3 is 24.6 Å². The Morgan fingerprint density at radius 2 is 1.74 bits per heavy atom. The Bertz CT molecular complexity index is 820. The maximum atomic E-state index is 12.4. The van der Waals surface area contributed by atoms with Crippen molar-refractivity contribution >= 4 is 5.91 Å². The van der Waals surface area contributed by atoms with Gasteiger partial charge in [0.25, 0.3) is 0 Å². The highest BCUT2D eigenvalue weighted by molar-refractivity contribution is 5.80. The number of carbonyl (C=O) groups is 1. The zero-order valence-corrected chi connectivity index (χ0v) is 15.8. The van der Waals surface area contributed by atoms with Gasteiger partial charge in [0.15, 0.2) is 23.0 Å². The monoisotopic (exact) mass is 371 g/mol. The first-order valence-electron chi connectivity index (χ1n) is 8.91. The topological polar surface area (TPSA) is 77.0 Å². The molecule has 2 atom stereocenters. The van der Waals surface area contributed by atoms with E-state index in [0.717, 1.165) is 17.5 Å². The zero-order valence-electron chi connectivity index (χ0n) is 15.8. The second kappa shape index (κ2) is 8.20. The molecule has 6 nitrogen and oxygen atoms in total. The van der Waals surface area contributed by atoms with E-state index in [2.05, 4.69) is 5.32 Å². The van der Waals surface area contributed by atoms with E-state index in [4.69, 9.17) is 14.2 Å². The lowest BCUT2D eigenvalue weighted by molar-refractivity contribution is -0.126. The molecule has 2 N–H and O–H groups in total. The quantitative estimate of drug-likeness (QED) is 0.817. The molecule has 0 spiro atoms. The third-order valence-electron chi connectivity index (χ3n) is 5.07. The Labute approximate surface area is 159 Å². The molecule has 0 radical (unpaired) electrons. The predicted octanol–water partition coefficient (Wildman–Crippen LogP) is 2.88. The number of phenolic OH excluding ortho intramolecular Hbond substituents is 1. The molecule has 1 unspecified atom stereocenters. The van der Waals surface area contributed by atoms with Crippen molar-refractivity contribution in [3.05, 3.63) is 47.5 Å². The van der Waals surface area contributed by atoms with Crippen molar-refractivity contribution in [3.8, 4) is 23.0 Å². The molecule has 3 rings (SSSR count). The molecule has 0 aliphatic carbocycles. The number of carbonyl (C=O) groups excluding carboxylic acids is 1. The molecule has 2 aromatic rings. The number of nitrogens with one attached hydrogen (secondary N) is 1. The van der Waals surface area contributed by atoms with Crippen molar-refractivity contribution in [2.75, 3.05) is 27.9 Å². The van der Waals surface area contributed by atoms with Gasteiger partial charge in [-0.2, -0.15) is 0 Å². The fourth-order valence-electron chi connectivity index (χ4n) is 3.57. The van der Waals surface area contributed by atoms with Gasteiger partial charge in [0.1, 0.15) is 0 Å². The van der Waals surface area contributed by atoms with Gasteiger partial charge in [-0.15, -0.1) is 0 Å². The zero-order chi connectivity index (χ0) is 19.4. The molecule has 6 heteroatoms. The third-order valence-corrected chi connectivity index (χ3v) is 5.07. The van der Waals surface area contributed by atoms with Crippen LogP contribution < -0.4 is 19.5 Å². The van der Waals surface area contributed by atoms with E-state index in [-0.39, 0.29) is 23.5 Å². The molecule has 1 heterocycles. The molecule has 27 heavy (non-hydrogen) atoms. The van der Waals surface area contributed by atoms with E-state index in [0.29, 0.717) is 30.2 Å². The molecule has 144 valence electrons. The van der Waals surface area contributed by atoms with Crippen molar-refractivity contribution in [2.24, 2.45) is 5.92 Å². The van der Waals surface area contributed by atoms with E-state index in [9.17, 15) is 9.90 Å². The van der Waals surface area contributed by atoms with Crippen LogP contribution in [0.1, 0.15) is 23.5 Å². The van der Waals surface area contributed by atoms with Crippen molar-refractivity contribution in [2.45, 2.75) is 18.8 Å². The minimum absolute atomic E-state index is 0.0544. The van der Waals surface area contributed by atoms with Crippen LogP contribution in [0.15, 0.2) is 36.4 Å². The summed E-state index contributed by atoms with van der Waals surface area (Å²) < 4.78 is 15.9. The van der Waals surface area contributed by atoms with Crippen LogP contribution >= 0.6 is 0 Å². The first kappa shape index (κ1) is 18.9. The third kappa shape index (κ3) is 4.10. The number of ether oxygens (including phenoxy) is 3. The Balaban J connectivity index is 1.77. The fraction of sp³-hybridized carbons (Fsp3) is 0.381. The number of aromatic hydroxyl groups is 1. The van der Waals surface area contributed by atoms with Crippen LogP contribution in [0, 0.1) is 5.92 Å². The van der Waals surface area contributed by atoms with Crippen molar-refractivity contribution in [3.63, 3.8) is 0 Å². The normalized spacial score (nSPS) is 19.3. The number of piperidine rings is 1. The fourth-order valence-corrected chi connectivity index (χ4v) is 3.57. The summed E-state index contributed by atoms with van der Waals surface area (Å²) >= 11 is 0. The van der Waals surface area contributed by atoms with Crippen LogP contribution in [0.25, 0.3) is 0 Å². The van der Waals surface area contributed by atoms with Gasteiger partial charge in [0.05, 0.1) is 21.3 Å². The first-order chi connectivity index (χ1) is 13.0. The number of phenols is 1. The minimum atomic E-state index is -0.147. The Kier molecular flexibility index (Phi) is 5.74. The summed E-state index contributed by atoms with van der Waals surface area (Å²) in [5, 5.41) is 12.8. The molecule has 1 amide bonds. The maximum Gasteiger partial charge on any atom is 0.223 e. The van der Waals surface area contributed by atoms with Gasteiger partial charge in [-0.1, -0.05) is 12.1 Å². The summed E-state index contributed by atoms with van der Waals surface area (Å²) in [6.45, 7) is 0.601. The lowest BCUT2D eigenvalue weighted by atomic mass is 9.82.